The second-order valence-corrected chi connectivity index (χ2v) is 51.9. The van der Waals surface area contributed by atoms with E-state index < -0.39 is 42.2 Å². The molecule has 0 saturated carbocycles. The fraction of sp³-hybridized carbons (Fsp3) is 0.747. The zero-order valence-electron chi connectivity index (χ0n) is 81.6. The van der Waals surface area contributed by atoms with E-state index in [9.17, 15) is 33.6 Å². The second kappa shape index (κ2) is 82.7. The van der Waals surface area contributed by atoms with E-state index in [-0.39, 0.29) is 96.1 Å². The van der Waals surface area contributed by atoms with Gasteiger partial charge in [0.25, 0.3) is 0 Å². The van der Waals surface area contributed by atoms with Gasteiger partial charge in [0.15, 0.2) is 5.78 Å². The fourth-order valence-corrected chi connectivity index (χ4v) is 13.3. The molecular weight excluding hydrogens is 1850 g/mol. The van der Waals surface area contributed by atoms with Crippen molar-refractivity contribution in [1.82, 2.24) is 55.5 Å². The van der Waals surface area contributed by atoms with Crippen molar-refractivity contribution in [2.45, 2.75) is 200 Å². The summed E-state index contributed by atoms with van der Waals surface area (Å²) in [7, 11) is -2.37. The first-order chi connectivity index (χ1) is 64.1. The number of nitrogens with two attached hydrogens (primary N) is 3. The molecule has 0 unspecified atom stereocenters. The van der Waals surface area contributed by atoms with E-state index in [2.05, 4.69) is 152 Å². The smallest absolute Gasteiger partial charge is 0.323 e. The first-order valence-corrected chi connectivity index (χ1v) is 58.7. The van der Waals surface area contributed by atoms with Gasteiger partial charge in [0.1, 0.15) is 11.8 Å². The molecule has 0 fully saturated rings. The van der Waals surface area contributed by atoms with E-state index in [4.69, 9.17) is 114 Å². The summed E-state index contributed by atoms with van der Waals surface area (Å²) in [4.78, 5) is 122. The number of rotatable bonds is 78. The quantitative estimate of drug-likeness (QED) is 0.00643. The number of nitrogens with one attached hydrogen (secondary N) is 8. The van der Waals surface area contributed by atoms with Crippen LogP contribution in [0.25, 0.3) is 0 Å². The number of amides is 1. The predicted octanol–water partition coefficient (Wildman–Crippen LogP) is 9.41. The van der Waals surface area contributed by atoms with Crippen LogP contribution in [0.4, 0.5) is 35.7 Å². The second-order valence-electron chi connectivity index (χ2n) is 34.0. The number of aliphatic hydroxyl groups excluding tert-OH is 2. The van der Waals surface area contributed by atoms with Crippen LogP contribution in [0.2, 0.25) is 92.9 Å². The SMILES string of the molecule is CN.C[C@@H](CCC(=O)CCCCCNc1nc(NCCCCNC(=O)CC[C@H](C)C(=O)OCC[Si](C)(C)C)nc(NCCOCCOCCOCCOCCO)n1)C(=O)OCC[Si](C)(C)C.C[Si](C)(C)CCOC(=O)[C@H](CCC(=O)O)NCC(=O)c1ccccc1.Clc1nc(Cl)nc(Cl)n1.NCCCCNc1nc(NCCCCN)nc(NCCOCCOCCOCCOCCO)n1. The summed E-state index contributed by atoms with van der Waals surface area (Å²) in [6.45, 7) is 37.5. The Morgan fingerprint density at radius 3 is 1.04 bits per heavy atom. The number of carboxylic acid groups (broad SMARTS) is 1. The molecule has 0 aliphatic carbocycles. The van der Waals surface area contributed by atoms with Gasteiger partial charge < -0.3 is 122 Å². The van der Waals surface area contributed by atoms with Gasteiger partial charge in [-0.3, -0.25) is 38.9 Å². The maximum atomic E-state index is 12.5. The molecule has 768 valence electrons. The van der Waals surface area contributed by atoms with Gasteiger partial charge in [0.2, 0.25) is 57.4 Å². The number of hydrogen-bond donors (Lipinski definition) is 14. The van der Waals surface area contributed by atoms with Crippen molar-refractivity contribution in [3.8, 4) is 0 Å². The van der Waals surface area contributed by atoms with Gasteiger partial charge in [0.05, 0.1) is 157 Å². The van der Waals surface area contributed by atoms with Crippen LogP contribution in [0, 0.1) is 11.8 Å². The average molecular weight is 2010 g/mol. The van der Waals surface area contributed by atoms with E-state index in [1.54, 1.807) is 31.2 Å². The minimum atomic E-state index is -1.32. The van der Waals surface area contributed by atoms with Gasteiger partial charge >= 0.3 is 23.9 Å². The number of halogens is 3. The lowest BCUT2D eigenvalue weighted by atomic mass is 10.0. The van der Waals surface area contributed by atoms with Gasteiger partial charge in [-0.15, -0.1) is 0 Å². The van der Waals surface area contributed by atoms with E-state index >= 15 is 0 Å². The van der Waals surface area contributed by atoms with Crippen molar-refractivity contribution in [3.63, 3.8) is 0 Å². The third-order valence-corrected chi connectivity index (χ3v) is 23.9. The molecule has 41 nitrogen and oxygen atoms in total. The Morgan fingerprint density at radius 1 is 0.373 bits per heavy atom. The highest BCUT2D eigenvalue weighted by atomic mass is 35.5. The van der Waals surface area contributed by atoms with Crippen molar-refractivity contribution >= 4 is 136 Å². The summed E-state index contributed by atoms with van der Waals surface area (Å²) in [6, 6.07) is 10.6. The van der Waals surface area contributed by atoms with Gasteiger partial charge in [-0.05, 0) is 144 Å². The van der Waals surface area contributed by atoms with Crippen molar-refractivity contribution in [2.75, 3.05) is 243 Å². The maximum absolute atomic E-state index is 12.5. The lowest BCUT2D eigenvalue weighted by Gasteiger charge is -2.19. The number of aliphatic carboxylic acids is 1. The molecule has 4 aromatic rings. The molecule has 0 saturated heterocycles. The topological polar surface area (TPSA) is 572 Å². The molecule has 0 aliphatic heterocycles. The number of anilines is 6. The summed E-state index contributed by atoms with van der Waals surface area (Å²) in [5.41, 5.74) is 16.1. The number of aromatic nitrogens is 9. The zero-order chi connectivity index (χ0) is 99.7. The summed E-state index contributed by atoms with van der Waals surface area (Å²) < 4.78 is 59.3. The lowest BCUT2D eigenvalue weighted by molar-refractivity contribution is -0.148. The molecule has 1 aromatic carbocycles. The van der Waals surface area contributed by atoms with Crippen LogP contribution < -0.4 is 59.7 Å². The number of unbranched alkanes of at least 4 members (excludes halogenated alkanes) is 5. The molecule has 1 amide bonds. The van der Waals surface area contributed by atoms with Crippen LogP contribution in [0.1, 0.15) is 127 Å². The Kier molecular flexibility index (Phi) is 78.2. The van der Waals surface area contributed by atoms with Crippen molar-refractivity contribution in [3.05, 3.63) is 51.7 Å². The molecule has 0 spiro atoms. The Balaban J connectivity index is 0.00000208. The molecule has 17 N–H and O–H groups in total. The Labute approximate surface area is 811 Å². The van der Waals surface area contributed by atoms with Crippen LogP contribution in [0.15, 0.2) is 30.3 Å². The van der Waals surface area contributed by atoms with Crippen LogP contribution in [-0.2, 0) is 80.9 Å². The number of ketones is 2. The van der Waals surface area contributed by atoms with Crippen molar-refractivity contribution < 1.29 is 101 Å². The highest BCUT2D eigenvalue weighted by molar-refractivity contribution is 6.76. The number of esters is 3. The van der Waals surface area contributed by atoms with E-state index in [0.717, 1.165) is 89.0 Å². The maximum Gasteiger partial charge on any atom is 0.323 e. The summed E-state index contributed by atoms with van der Waals surface area (Å²) in [5, 5.41) is 51.3. The molecule has 3 heterocycles. The Morgan fingerprint density at radius 2 is 0.694 bits per heavy atom. The zero-order valence-corrected chi connectivity index (χ0v) is 86.8. The van der Waals surface area contributed by atoms with E-state index in [1.807, 2.05) is 13.0 Å². The molecule has 0 aliphatic rings. The van der Waals surface area contributed by atoms with Crippen molar-refractivity contribution in [2.24, 2.45) is 29.0 Å². The molecule has 3 aromatic heterocycles. The number of carbonyl (C=O) groups is 7. The number of nitrogens with zero attached hydrogens (tertiary/aromatic N) is 9. The van der Waals surface area contributed by atoms with Gasteiger partial charge in [0, 0.05) is 101 Å². The lowest BCUT2D eigenvalue weighted by Crippen LogP contribution is -2.41. The van der Waals surface area contributed by atoms with Crippen LogP contribution in [-0.4, -0.2) is 343 Å². The van der Waals surface area contributed by atoms with Crippen LogP contribution in [0.5, 0.6) is 0 Å². The van der Waals surface area contributed by atoms with Gasteiger partial charge in [-0.1, -0.05) is 110 Å². The summed E-state index contributed by atoms with van der Waals surface area (Å²) in [6.07, 6.45) is 9.74. The number of aliphatic hydroxyl groups is 2. The predicted molar refractivity (Wildman–Crippen MR) is 532 cm³/mol. The number of carboxylic acids is 1. The number of benzene rings is 1. The summed E-state index contributed by atoms with van der Waals surface area (Å²) >= 11 is 16.0. The number of hydrogen-bond acceptors (Lipinski definition) is 39. The van der Waals surface area contributed by atoms with E-state index in [0.29, 0.717) is 238 Å². The minimum absolute atomic E-state index is 0.000000000000000444. The molecule has 0 bridgehead atoms. The normalized spacial score (nSPS) is 11.9. The molecule has 47 heteroatoms. The molecular formula is C87H161Cl3N20O21Si3. The van der Waals surface area contributed by atoms with E-state index in [1.165, 1.54) is 7.05 Å². The Bertz CT molecular complexity index is 3520. The largest absolute Gasteiger partial charge is 0.481 e. The van der Waals surface area contributed by atoms with Crippen LogP contribution in [0.3, 0.4) is 0 Å². The monoisotopic (exact) mass is 2010 g/mol. The minimum Gasteiger partial charge on any atom is -0.481 e. The number of ether oxygens (including phenoxy) is 11. The first kappa shape index (κ1) is 127. The van der Waals surface area contributed by atoms with Crippen molar-refractivity contribution in [1.29, 1.82) is 0 Å². The van der Waals surface area contributed by atoms with Gasteiger partial charge in [-0.25, -0.2) is 0 Å². The molecule has 134 heavy (non-hydrogen) atoms. The van der Waals surface area contributed by atoms with Crippen LogP contribution >= 0.6 is 34.8 Å². The average Bonchev–Trinajstić information content (AvgIpc) is 0.869. The first-order valence-electron chi connectivity index (χ1n) is 46.5. The Hall–Kier alpha value is -7.30. The van der Waals surface area contributed by atoms with Gasteiger partial charge in [-0.2, -0.15) is 44.9 Å². The number of Topliss-reactive ketones (excluding diaryl/α,β-unsaturated/α-hetero) is 2. The highest BCUT2D eigenvalue weighted by Gasteiger charge is 2.25. The summed E-state index contributed by atoms with van der Waals surface area (Å²) in [5.74, 6) is 0.115. The molecule has 3 atom stereocenters. The third-order valence-electron chi connectivity index (χ3n) is 18.3. The third kappa shape index (κ3) is 78.7. The molecule has 0 radical (unpaired) electrons. The standard InChI is InChI=1S/C44H85N7O11Si2.C21H44N8O5.C18H27NO5Si.C3Cl3N3.CH5N/c1-36(40(55)61-32-34-63(3,4)5)15-17-38(53)14-10-9-11-20-46-42-49-43(51-44(50-42)48-22-24-57-26-28-59-30-31-60-29-27-58-25-23-52)47-21-13-12-19-45-39(54)18-16-37(2)41(56)62-33-35-64(6,7)8;22-5-1-3-7-24-19-27-20(25-8-4-2-6-23)29-21(28-19)26-9-11-31-13-15-33-17-18-34-16-14-32-12-10-30;1-25(2,3)12-11-24-18(23)15(9-10-17(21)22)19-13-16(20)14-7-5-4-6-8-14;4-1-7-2(5)9-3(6)8-1;1-2/h36-37,52H,9-35H2,1-8H3,(H,45,54)(H3,46,47,48,49,50,51);30H,1-18,22-23H2,(H3,24,25,26,27,28,29);4-8,15,19H,9-13H2,1-3H3,(H,21,22);;2H2,1H3/t36-,37-;;15-;;/m0.0../s1. The number of carbonyl (C=O) groups excluding carboxylic acids is 6. The highest BCUT2D eigenvalue weighted by Crippen LogP contribution is 2.19. The fourth-order valence-electron chi connectivity index (χ4n) is 10.5. The molecule has 4 rings (SSSR count).